The number of rotatable bonds is 5. The van der Waals surface area contributed by atoms with Crippen LogP contribution in [0.5, 0.6) is 5.88 Å². The van der Waals surface area contributed by atoms with Crippen molar-refractivity contribution < 1.29 is 4.74 Å². The Balaban J connectivity index is 2.42. The van der Waals surface area contributed by atoms with Crippen molar-refractivity contribution in [1.82, 2.24) is 14.9 Å². The first-order valence-electron chi connectivity index (χ1n) is 4.51. The lowest BCUT2D eigenvalue weighted by Gasteiger charge is -2.10. The Morgan fingerprint density at radius 1 is 1.43 bits per heavy atom. The number of nitrogens with two attached hydrogens (primary N) is 1. The predicted octanol–water partition coefficient (Wildman–Crippen LogP) is -0.124. The molecule has 1 aromatic rings. The number of ether oxygens (including phenoxy) is 1. The summed E-state index contributed by atoms with van der Waals surface area (Å²) in [6.45, 7) is 1.85. The molecule has 1 aromatic heterocycles. The Hall–Kier alpha value is -1.20. The van der Waals surface area contributed by atoms with Gasteiger partial charge in [0.15, 0.2) is 0 Å². The second-order valence-electron chi connectivity index (χ2n) is 3.20. The molecule has 0 saturated carbocycles. The van der Waals surface area contributed by atoms with Crippen molar-refractivity contribution >= 4 is 0 Å². The highest BCUT2D eigenvalue weighted by Gasteiger charge is 1.98. The van der Waals surface area contributed by atoms with Gasteiger partial charge in [-0.2, -0.15) is 0 Å². The Morgan fingerprint density at radius 3 is 2.86 bits per heavy atom. The van der Waals surface area contributed by atoms with Gasteiger partial charge in [0.25, 0.3) is 0 Å². The maximum absolute atomic E-state index is 5.43. The van der Waals surface area contributed by atoms with E-state index >= 15 is 0 Å². The number of nitrogens with zero attached hydrogens (tertiary/aromatic N) is 3. The van der Waals surface area contributed by atoms with Gasteiger partial charge < -0.3 is 15.4 Å². The lowest BCUT2D eigenvalue weighted by atomic mass is 10.4. The van der Waals surface area contributed by atoms with Crippen molar-refractivity contribution in [3.63, 3.8) is 0 Å². The molecule has 2 N–H and O–H groups in total. The van der Waals surface area contributed by atoms with E-state index in [4.69, 9.17) is 10.5 Å². The summed E-state index contributed by atoms with van der Waals surface area (Å²) in [4.78, 5) is 10.2. The van der Waals surface area contributed by atoms with Crippen LogP contribution in [-0.4, -0.2) is 42.1 Å². The molecule has 0 unspecified atom stereocenters. The zero-order valence-electron chi connectivity index (χ0n) is 8.60. The minimum atomic E-state index is 0.387. The molecule has 1 rings (SSSR count). The van der Waals surface area contributed by atoms with Crippen LogP contribution in [-0.2, 0) is 6.54 Å². The van der Waals surface area contributed by atoms with E-state index in [9.17, 15) is 0 Å². The minimum Gasteiger partial charge on any atom is -0.475 e. The molecular formula is C9H16N4O. The summed E-state index contributed by atoms with van der Waals surface area (Å²) in [6.07, 6.45) is 3.23. The van der Waals surface area contributed by atoms with Gasteiger partial charge in [0.1, 0.15) is 6.61 Å². The molecule has 0 bridgehead atoms. The topological polar surface area (TPSA) is 64.3 Å². The number of aromatic nitrogens is 2. The molecule has 0 aliphatic heterocycles. The van der Waals surface area contributed by atoms with Crippen LogP contribution in [0.4, 0.5) is 0 Å². The molecule has 5 nitrogen and oxygen atoms in total. The Labute approximate surface area is 83.9 Å². The molecule has 0 aliphatic carbocycles. The molecule has 0 aliphatic rings. The first-order chi connectivity index (χ1) is 6.72. The Kier molecular flexibility index (Phi) is 4.28. The molecule has 14 heavy (non-hydrogen) atoms. The van der Waals surface area contributed by atoms with E-state index in [0.717, 1.165) is 12.2 Å². The fourth-order valence-electron chi connectivity index (χ4n) is 0.887. The van der Waals surface area contributed by atoms with Gasteiger partial charge in [0.2, 0.25) is 5.88 Å². The first-order valence-corrected chi connectivity index (χ1v) is 4.51. The van der Waals surface area contributed by atoms with Crippen molar-refractivity contribution in [1.29, 1.82) is 0 Å². The maximum Gasteiger partial charge on any atom is 0.232 e. The third-order valence-electron chi connectivity index (χ3n) is 1.66. The Morgan fingerprint density at radius 2 is 2.21 bits per heavy atom. The summed E-state index contributed by atoms with van der Waals surface area (Å²) in [7, 11) is 3.98. The molecule has 78 valence electrons. The summed E-state index contributed by atoms with van der Waals surface area (Å²) in [5, 5.41) is 0. The summed E-state index contributed by atoms with van der Waals surface area (Å²) in [6, 6.07) is 0. The highest BCUT2D eigenvalue weighted by molar-refractivity contribution is 5.07. The van der Waals surface area contributed by atoms with Gasteiger partial charge in [0.05, 0.1) is 11.9 Å². The number of hydrogen-bond acceptors (Lipinski definition) is 5. The summed E-state index contributed by atoms with van der Waals surface area (Å²) in [5.74, 6) is 0.537. The van der Waals surface area contributed by atoms with Gasteiger partial charge in [-0.15, -0.1) is 0 Å². The van der Waals surface area contributed by atoms with E-state index in [1.165, 1.54) is 0 Å². The van der Waals surface area contributed by atoms with Crippen LogP contribution in [0, 0.1) is 0 Å². The molecule has 0 aromatic carbocycles. The van der Waals surface area contributed by atoms with Gasteiger partial charge in [-0.25, -0.2) is 4.98 Å². The lowest BCUT2D eigenvalue weighted by molar-refractivity contribution is 0.252. The van der Waals surface area contributed by atoms with Crippen LogP contribution in [0.25, 0.3) is 0 Å². The molecule has 0 fully saturated rings. The van der Waals surface area contributed by atoms with Gasteiger partial charge in [-0.3, -0.25) is 4.98 Å². The van der Waals surface area contributed by atoms with Crippen molar-refractivity contribution in [2.75, 3.05) is 27.2 Å². The molecule has 0 radical (unpaired) electrons. The second kappa shape index (κ2) is 5.51. The third-order valence-corrected chi connectivity index (χ3v) is 1.66. The van der Waals surface area contributed by atoms with Gasteiger partial charge >= 0.3 is 0 Å². The molecule has 1 heterocycles. The predicted molar refractivity (Wildman–Crippen MR) is 54.0 cm³/mol. The Bertz CT molecular complexity index is 277. The third kappa shape index (κ3) is 3.68. The molecule has 0 spiro atoms. The first kappa shape index (κ1) is 10.9. The van der Waals surface area contributed by atoms with E-state index in [2.05, 4.69) is 9.97 Å². The second-order valence-corrected chi connectivity index (χ2v) is 3.20. The van der Waals surface area contributed by atoms with Crippen LogP contribution in [0.2, 0.25) is 0 Å². The summed E-state index contributed by atoms with van der Waals surface area (Å²) < 4.78 is 5.39. The largest absolute Gasteiger partial charge is 0.475 e. The van der Waals surface area contributed by atoms with Gasteiger partial charge in [-0.05, 0) is 14.1 Å². The molecule has 0 saturated heterocycles. The van der Waals surface area contributed by atoms with Crippen LogP contribution >= 0.6 is 0 Å². The highest BCUT2D eigenvalue weighted by atomic mass is 16.5. The zero-order valence-corrected chi connectivity index (χ0v) is 8.60. The quantitative estimate of drug-likeness (QED) is 0.711. The van der Waals surface area contributed by atoms with E-state index in [0.29, 0.717) is 19.0 Å². The molecule has 5 heteroatoms. The van der Waals surface area contributed by atoms with Crippen molar-refractivity contribution in [2.24, 2.45) is 5.73 Å². The fraction of sp³-hybridized carbons (Fsp3) is 0.556. The maximum atomic E-state index is 5.43. The number of likely N-dealkylation sites (N-methyl/N-ethyl adjacent to an activating group) is 1. The molecule has 0 amide bonds. The SMILES string of the molecule is CN(C)CCOc1cncc(CN)n1. The minimum absolute atomic E-state index is 0.387. The summed E-state index contributed by atoms with van der Waals surface area (Å²) >= 11 is 0. The van der Waals surface area contributed by atoms with E-state index in [1.54, 1.807) is 12.4 Å². The molecular weight excluding hydrogens is 180 g/mol. The standard InChI is InChI=1S/C9H16N4O/c1-13(2)3-4-14-9-7-11-6-8(5-10)12-9/h6-7H,3-5,10H2,1-2H3. The van der Waals surface area contributed by atoms with Crippen molar-refractivity contribution in [2.45, 2.75) is 6.54 Å². The monoisotopic (exact) mass is 196 g/mol. The zero-order chi connectivity index (χ0) is 10.4. The fourth-order valence-corrected chi connectivity index (χ4v) is 0.887. The van der Waals surface area contributed by atoms with E-state index in [-0.39, 0.29) is 0 Å². The van der Waals surface area contributed by atoms with Crippen LogP contribution in [0.3, 0.4) is 0 Å². The molecule has 0 atom stereocenters. The van der Waals surface area contributed by atoms with E-state index in [1.807, 2.05) is 19.0 Å². The average Bonchev–Trinajstić information content (AvgIpc) is 2.18. The summed E-state index contributed by atoms with van der Waals surface area (Å²) in [5.41, 5.74) is 6.17. The van der Waals surface area contributed by atoms with Crippen molar-refractivity contribution in [3.8, 4) is 5.88 Å². The van der Waals surface area contributed by atoms with E-state index < -0.39 is 0 Å². The van der Waals surface area contributed by atoms with Gasteiger partial charge in [0, 0.05) is 19.3 Å². The van der Waals surface area contributed by atoms with Crippen LogP contribution < -0.4 is 10.5 Å². The van der Waals surface area contributed by atoms with Crippen LogP contribution in [0.1, 0.15) is 5.69 Å². The lowest BCUT2D eigenvalue weighted by Crippen LogP contribution is -2.19. The average molecular weight is 196 g/mol. The van der Waals surface area contributed by atoms with Crippen LogP contribution in [0.15, 0.2) is 12.4 Å². The highest BCUT2D eigenvalue weighted by Crippen LogP contribution is 2.03. The number of hydrogen-bond donors (Lipinski definition) is 1. The smallest absolute Gasteiger partial charge is 0.232 e. The normalized spacial score (nSPS) is 10.6. The van der Waals surface area contributed by atoms with Crippen molar-refractivity contribution in [3.05, 3.63) is 18.1 Å². The van der Waals surface area contributed by atoms with Gasteiger partial charge in [-0.1, -0.05) is 0 Å².